The van der Waals surface area contributed by atoms with Crippen molar-refractivity contribution < 1.29 is 14.7 Å². The van der Waals surface area contributed by atoms with E-state index < -0.39 is 11.6 Å². The Morgan fingerprint density at radius 3 is 2.15 bits per heavy atom. The molecule has 2 heterocycles. The van der Waals surface area contributed by atoms with Crippen LogP contribution >= 0.6 is 0 Å². The summed E-state index contributed by atoms with van der Waals surface area (Å²) in [5.74, 6) is 0.212. The minimum absolute atomic E-state index is 0.0131. The number of carbonyl (C=O) groups is 2. The summed E-state index contributed by atoms with van der Waals surface area (Å²) in [6, 6.07) is 9.27. The molecule has 1 aromatic carbocycles. The summed E-state index contributed by atoms with van der Waals surface area (Å²) in [6.07, 6.45) is 6.92. The molecule has 7 heteroatoms. The van der Waals surface area contributed by atoms with Crippen molar-refractivity contribution in [1.29, 1.82) is 5.26 Å². The van der Waals surface area contributed by atoms with Gasteiger partial charge in [0.15, 0.2) is 5.84 Å². The summed E-state index contributed by atoms with van der Waals surface area (Å²) in [7, 11) is 0. The summed E-state index contributed by atoms with van der Waals surface area (Å²) in [6.45, 7) is 14.9. The van der Waals surface area contributed by atoms with Gasteiger partial charge in [0.05, 0.1) is 17.7 Å². The molecule has 1 aromatic rings. The van der Waals surface area contributed by atoms with E-state index in [2.05, 4.69) is 57.4 Å². The number of likely N-dealkylation sites (tertiary alicyclic amines) is 1. The highest BCUT2D eigenvalue weighted by Crippen LogP contribution is 2.50. The lowest BCUT2D eigenvalue weighted by atomic mass is 9.69. The molecule has 1 aliphatic carbocycles. The van der Waals surface area contributed by atoms with Gasteiger partial charge in [-0.25, -0.2) is 9.79 Å². The van der Waals surface area contributed by atoms with Crippen LogP contribution in [-0.2, 0) is 4.79 Å². The van der Waals surface area contributed by atoms with Crippen LogP contribution < -0.4 is 0 Å². The van der Waals surface area contributed by atoms with Gasteiger partial charge in [0.2, 0.25) is 0 Å². The van der Waals surface area contributed by atoms with Gasteiger partial charge in [0, 0.05) is 19.0 Å². The first-order valence-electron chi connectivity index (χ1n) is 14.7. The number of aromatic carboxylic acids is 1. The number of carboxylic acid groups (broad SMARTS) is 1. The maximum atomic E-state index is 14.4. The SMILES string of the molecule is CC(C)(C)CC[C@H](c1ccc(C(=O)O)cc1)N1C(=O)C(N2CCC(C#N)CC2)=NC12CCC(C(C)(C)C)CC2. The standard InChI is InChI=1S/C32H46N4O3/c1-30(2,3)16-13-26(23-7-9-24(10-8-23)29(38)39)36-28(37)27(35-19-14-22(21-33)15-20-35)34-32(36)17-11-25(12-18-32)31(4,5)6/h7-10,22,25-26H,11-20H2,1-6H3,(H,38,39)/t25?,26-,32?/m1/s1. The van der Waals surface area contributed by atoms with E-state index >= 15 is 0 Å². The van der Waals surface area contributed by atoms with Gasteiger partial charge in [-0.3, -0.25) is 4.79 Å². The number of hydrogen-bond donors (Lipinski definition) is 1. The van der Waals surface area contributed by atoms with Crippen molar-refractivity contribution in [2.75, 3.05) is 13.1 Å². The number of carbonyl (C=O) groups excluding carboxylic acids is 1. The van der Waals surface area contributed by atoms with Gasteiger partial charge < -0.3 is 14.9 Å². The molecular formula is C32H46N4O3. The smallest absolute Gasteiger partial charge is 0.335 e. The lowest BCUT2D eigenvalue weighted by molar-refractivity contribution is -0.134. The number of rotatable bonds is 5. The maximum absolute atomic E-state index is 14.4. The van der Waals surface area contributed by atoms with Crippen molar-refractivity contribution in [2.24, 2.45) is 27.7 Å². The van der Waals surface area contributed by atoms with E-state index in [0.717, 1.165) is 56.9 Å². The predicted molar refractivity (Wildman–Crippen MR) is 153 cm³/mol. The molecule has 1 amide bonds. The van der Waals surface area contributed by atoms with E-state index in [9.17, 15) is 20.0 Å². The number of aliphatic imine (C=N–C) groups is 1. The number of amides is 1. The maximum Gasteiger partial charge on any atom is 0.335 e. The molecule has 3 aliphatic rings. The molecule has 212 valence electrons. The van der Waals surface area contributed by atoms with Crippen LogP contribution in [0.15, 0.2) is 29.3 Å². The second-order valence-electron chi connectivity index (χ2n) is 14.2. The van der Waals surface area contributed by atoms with Crippen molar-refractivity contribution in [1.82, 2.24) is 9.80 Å². The lowest BCUT2D eigenvalue weighted by Gasteiger charge is -2.47. The Kier molecular flexibility index (Phi) is 8.17. The number of hydrogen-bond acceptors (Lipinski definition) is 5. The average molecular weight is 535 g/mol. The molecule has 0 unspecified atom stereocenters. The van der Waals surface area contributed by atoms with E-state index in [1.165, 1.54) is 0 Å². The van der Waals surface area contributed by atoms with E-state index in [4.69, 9.17) is 4.99 Å². The largest absolute Gasteiger partial charge is 0.478 e. The number of nitriles is 1. The van der Waals surface area contributed by atoms with Crippen LogP contribution in [0.25, 0.3) is 0 Å². The minimum Gasteiger partial charge on any atom is -0.478 e. The Balaban J connectivity index is 1.73. The van der Waals surface area contributed by atoms with Gasteiger partial charge in [0.1, 0.15) is 5.66 Å². The monoisotopic (exact) mass is 534 g/mol. The van der Waals surface area contributed by atoms with Crippen molar-refractivity contribution in [3.63, 3.8) is 0 Å². The fourth-order valence-corrected chi connectivity index (χ4v) is 6.61. The van der Waals surface area contributed by atoms with E-state index in [1.54, 1.807) is 12.1 Å². The second-order valence-corrected chi connectivity index (χ2v) is 14.2. The summed E-state index contributed by atoms with van der Waals surface area (Å²) >= 11 is 0. The molecule has 0 bridgehead atoms. The third-order valence-electron chi connectivity index (χ3n) is 9.18. The van der Waals surface area contributed by atoms with Crippen LogP contribution in [0.2, 0.25) is 0 Å². The lowest BCUT2D eigenvalue weighted by Crippen LogP contribution is -2.52. The Hall–Kier alpha value is -2.88. The Labute approximate surface area is 234 Å². The van der Waals surface area contributed by atoms with Gasteiger partial charge >= 0.3 is 5.97 Å². The molecule has 1 atom stereocenters. The Morgan fingerprint density at radius 1 is 1.08 bits per heavy atom. The van der Waals surface area contributed by atoms with Gasteiger partial charge in [-0.1, -0.05) is 53.7 Å². The zero-order valence-corrected chi connectivity index (χ0v) is 24.7. The van der Waals surface area contributed by atoms with Gasteiger partial charge in [0.25, 0.3) is 5.91 Å². The molecule has 1 saturated heterocycles. The van der Waals surface area contributed by atoms with Crippen LogP contribution in [0.5, 0.6) is 0 Å². The molecule has 1 N–H and O–H groups in total. The number of amidine groups is 1. The number of benzene rings is 1. The zero-order valence-electron chi connectivity index (χ0n) is 24.7. The van der Waals surface area contributed by atoms with Crippen molar-refractivity contribution in [3.05, 3.63) is 35.4 Å². The first-order chi connectivity index (χ1) is 18.2. The van der Waals surface area contributed by atoms with Gasteiger partial charge in [-0.05, 0) is 85.8 Å². The Bertz CT molecular complexity index is 1120. The number of carboxylic acids is 1. The van der Waals surface area contributed by atoms with E-state index in [-0.39, 0.29) is 34.3 Å². The van der Waals surface area contributed by atoms with Crippen molar-refractivity contribution >= 4 is 17.7 Å². The molecule has 0 radical (unpaired) electrons. The van der Waals surface area contributed by atoms with E-state index in [0.29, 0.717) is 24.8 Å². The van der Waals surface area contributed by atoms with Crippen LogP contribution in [0.1, 0.15) is 115 Å². The first kappa shape index (κ1) is 29.1. The summed E-state index contributed by atoms with van der Waals surface area (Å²) < 4.78 is 0. The highest BCUT2D eigenvalue weighted by molar-refractivity contribution is 6.39. The molecule has 4 rings (SSSR count). The molecule has 1 saturated carbocycles. The minimum atomic E-state index is -0.951. The molecule has 2 aliphatic heterocycles. The number of nitrogens with zero attached hydrogens (tertiary/aromatic N) is 4. The fourth-order valence-electron chi connectivity index (χ4n) is 6.61. The third-order valence-corrected chi connectivity index (χ3v) is 9.18. The topological polar surface area (TPSA) is 97.0 Å². The highest BCUT2D eigenvalue weighted by atomic mass is 16.4. The van der Waals surface area contributed by atoms with Crippen LogP contribution in [0, 0.1) is 34.0 Å². The molecule has 0 aromatic heterocycles. The quantitative estimate of drug-likeness (QED) is 0.455. The van der Waals surface area contributed by atoms with Gasteiger partial charge in [-0.2, -0.15) is 5.26 Å². The van der Waals surface area contributed by atoms with Crippen molar-refractivity contribution in [2.45, 2.75) is 105 Å². The predicted octanol–water partition coefficient (Wildman–Crippen LogP) is 6.66. The van der Waals surface area contributed by atoms with Gasteiger partial charge in [-0.15, -0.1) is 0 Å². The summed E-state index contributed by atoms with van der Waals surface area (Å²) in [5.41, 5.74) is 0.920. The molecule has 2 fully saturated rings. The normalized spacial score (nSPS) is 25.5. The number of piperidine rings is 1. The fraction of sp³-hybridized carbons (Fsp3) is 0.688. The molecular weight excluding hydrogens is 488 g/mol. The molecule has 39 heavy (non-hydrogen) atoms. The zero-order chi connectivity index (χ0) is 28.6. The molecule has 1 spiro atoms. The first-order valence-corrected chi connectivity index (χ1v) is 14.7. The van der Waals surface area contributed by atoms with Crippen LogP contribution in [0.3, 0.4) is 0 Å². The van der Waals surface area contributed by atoms with Crippen molar-refractivity contribution in [3.8, 4) is 6.07 Å². The highest BCUT2D eigenvalue weighted by Gasteiger charge is 2.53. The second kappa shape index (κ2) is 10.9. The van der Waals surface area contributed by atoms with Crippen LogP contribution in [0.4, 0.5) is 0 Å². The molecule has 7 nitrogen and oxygen atoms in total. The summed E-state index contributed by atoms with van der Waals surface area (Å²) in [5, 5.41) is 18.9. The van der Waals surface area contributed by atoms with E-state index in [1.807, 2.05) is 12.1 Å². The summed E-state index contributed by atoms with van der Waals surface area (Å²) in [4.78, 5) is 35.5. The Morgan fingerprint density at radius 2 is 1.67 bits per heavy atom. The third kappa shape index (κ3) is 6.31. The average Bonchev–Trinajstić information content (AvgIpc) is 3.15. The van der Waals surface area contributed by atoms with Crippen LogP contribution in [-0.4, -0.2) is 51.4 Å².